The van der Waals surface area contributed by atoms with Gasteiger partial charge < -0.3 is 31.3 Å². The Hall–Kier alpha value is -4.58. The molecule has 48 heavy (non-hydrogen) atoms. The first-order valence-electron chi connectivity index (χ1n) is 16.3. The van der Waals surface area contributed by atoms with Gasteiger partial charge in [0.15, 0.2) is 34.7 Å². The second kappa shape index (κ2) is 12.5. The molecule has 0 bridgehead atoms. The number of phenols is 1. The van der Waals surface area contributed by atoms with Crippen molar-refractivity contribution in [3.8, 4) is 22.6 Å². The van der Waals surface area contributed by atoms with Gasteiger partial charge in [-0.3, -0.25) is 24.0 Å². The highest BCUT2D eigenvalue weighted by Gasteiger charge is 2.69. The highest BCUT2D eigenvalue weighted by Crippen LogP contribution is 2.53. The molecule has 2 unspecified atom stereocenters. The van der Waals surface area contributed by atoms with E-state index in [9.17, 15) is 39.0 Å². The van der Waals surface area contributed by atoms with Crippen LogP contribution in [0.1, 0.15) is 69.4 Å². The minimum atomic E-state index is -2.75. The van der Waals surface area contributed by atoms with Crippen LogP contribution in [-0.2, 0) is 32.1 Å². The predicted molar refractivity (Wildman–Crippen MR) is 174 cm³/mol. The fraction of sp³-hybridized carbons (Fsp3) is 0.500. The normalized spacial score (nSPS) is 26.8. The molecule has 6 N–H and O–H groups in total. The van der Waals surface area contributed by atoms with Crippen molar-refractivity contribution in [2.45, 2.75) is 72.1 Å². The monoisotopic (exact) mass is 661 g/mol. The van der Waals surface area contributed by atoms with Gasteiger partial charge >= 0.3 is 6.03 Å². The molecule has 12 nitrogen and oxygen atoms in total. The molecule has 2 fully saturated rings. The van der Waals surface area contributed by atoms with Gasteiger partial charge in [-0.15, -0.1) is 0 Å². The summed E-state index contributed by atoms with van der Waals surface area (Å²) < 4.78 is 5.81. The van der Waals surface area contributed by atoms with Crippen LogP contribution >= 0.6 is 0 Å². The number of ether oxygens (including phenoxy) is 1. The lowest BCUT2D eigenvalue weighted by Crippen LogP contribution is -2.71. The third-order valence-corrected chi connectivity index (χ3v) is 9.80. The molecule has 0 saturated heterocycles. The van der Waals surface area contributed by atoms with E-state index in [1.165, 1.54) is 6.07 Å². The summed E-state index contributed by atoms with van der Waals surface area (Å²) in [6.45, 7) is 11.4. The molecular weight excluding hydrogens is 618 g/mol. The van der Waals surface area contributed by atoms with Crippen molar-refractivity contribution in [2.75, 3.05) is 6.61 Å². The number of Topliss-reactive ketones (excluding diaryl/α,β-unsaturated/α-hetero) is 4. The maximum atomic E-state index is 14.1. The van der Waals surface area contributed by atoms with Crippen LogP contribution < -0.4 is 21.1 Å². The van der Waals surface area contributed by atoms with E-state index in [1.807, 2.05) is 33.8 Å². The van der Waals surface area contributed by atoms with Crippen LogP contribution in [0.2, 0.25) is 0 Å². The third kappa shape index (κ3) is 5.76. The number of rotatable bonds is 7. The number of nitrogens with two attached hydrogens (primary N) is 1. The Bertz CT molecular complexity index is 1730. The Balaban J connectivity index is 1.57. The Labute approximate surface area is 278 Å². The Morgan fingerprint density at radius 1 is 1.08 bits per heavy atom. The van der Waals surface area contributed by atoms with E-state index in [-0.39, 0.29) is 36.7 Å². The maximum Gasteiger partial charge on any atom is 0.315 e. The summed E-state index contributed by atoms with van der Waals surface area (Å²) in [6.07, 6.45) is 0.120. The number of benzene rings is 2. The minimum Gasteiger partial charge on any atom is -0.507 e. The average Bonchev–Trinajstić information content (AvgIpc) is 2.97. The third-order valence-electron chi connectivity index (χ3n) is 9.80. The van der Waals surface area contributed by atoms with Gasteiger partial charge in [-0.25, -0.2) is 4.79 Å². The number of amides is 3. The second-order valence-electron chi connectivity index (χ2n) is 14.4. The summed E-state index contributed by atoms with van der Waals surface area (Å²) in [6, 6.07) is 8.05. The molecule has 2 saturated carbocycles. The lowest BCUT2D eigenvalue weighted by Gasteiger charge is -2.52. The molecule has 2 aromatic carbocycles. The number of aliphatic hydroxyl groups is 1. The highest BCUT2D eigenvalue weighted by molar-refractivity contribution is 6.32. The molecule has 3 aliphatic rings. The summed E-state index contributed by atoms with van der Waals surface area (Å²) >= 11 is 0. The first kappa shape index (κ1) is 34.7. The van der Waals surface area contributed by atoms with Crippen LogP contribution in [0.25, 0.3) is 11.1 Å². The van der Waals surface area contributed by atoms with E-state index in [0.29, 0.717) is 34.6 Å². The molecule has 12 heteroatoms. The molecule has 5 rings (SSSR count). The number of primary amides is 1. The Morgan fingerprint density at radius 2 is 1.77 bits per heavy atom. The van der Waals surface area contributed by atoms with Crippen LogP contribution in [0.5, 0.6) is 11.5 Å². The van der Waals surface area contributed by atoms with Gasteiger partial charge in [0.2, 0.25) is 5.91 Å². The predicted octanol–water partition coefficient (Wildman–Crippen LogP) is 2.87. The Kier molecular flexibility index (Phi) is 9.02. The van der Waals surface area contributed by atoms with Gasteiger partial charge in [0, 0.05) is 29.5 Å². The van der Waals surface area contributed by atoms with Crippen LogP contribution in [-0.4, -0.2) is 63.0 Å². The number of nitrogens with one attached hydrogen (secondary N) is 2. The van der Waals surface area contributed by atoms with Crippen molar-refractivity contribution in [3.05, 3.63) is 47.0 Å². The van der Waals surface area contributed by atoms with Crippen LogP contribution in [0, 0.1) is 35.5 Å². The first-order valence-corrected chi connectivity index (χ1v) is 16.3. The molecule has 0 aliphatic heterocycles. The van der Waals surface area contributed by atoms with E-state index < -0.39 is 75.7 Å². The zero-order valence-corrected chi connectivity index (χ0v) is 28.0. The molecule has 3 amide bonds. The zero-order chi connectivity index (χ0) is 35.5. The summed E-state index contributed by atoms with van der Waals surface area (Å²) in [5.74, 6) is -11.7. The summed E-state index contributed by atoms with van der Waals surface area (Å²) in [4.78, 5) is 80.0. The largest absolute Gasteiger partial charge is 0.507 e. The van der Waals surface area contributed by atoms with Crippen molar-refractivity contribution >= 4 is 35.1 Å². The topological polar surface area (TPSA) is 202 Å². The average molecular weight is 662 g/mol. The molecular formula is C36H43N3O9. The molecule has 0 radical (unpaired) electrons. The van der Waals surface area contributed by atoms with Crippen LogP contribution in [0.4, 0.5) is 4.79 Å². The van der Waals surface area contributed by atoms with E-state index in [0.717, 1.165) is 0 Å². The zero-order valence-electron chi connectivity index (χ0n) is 28.0. The number of aromatic hydroxyl groups is 1. The van der Waals surface area contributed by atoms with Crippen LogP contribution in [0.15, 0.2) is 30.3 Å². The molecule has 3 aliphatic carbocycles. The van der Waals surface area contributed by atoms with Crippen molar-refractivity contribution in [3.63, 3.8) is 0 Å². The fourth-order valence-electron chi connectivity index (χ4n) is 7.87. The number of fused-ring (bicyclic) bond motifs is 3. The number of phenolic OH excluding ortho intramolecular Hbond substituents is 1. The highest BCUT2D eigenvalue weighted by atomic mass is 16.5. The maximum absolute atomic E-state index is 14.1. The molecule has 0 heterocycles. The summed E-state index contributed by atoms with van der Waals surface area (Å²) in [7, 11) is 0. The summed E-state index contributed by atoms with van der Waals surface area (Å²) in [5, 5.41) is 28.5. The van der Waals surface area contributed by atoms with Gasteiger partial charge in [-0.05, 0) is 87.3 Å². The van der Waals surface area contributed by atoms with Crippen molar-refractivity contribution < 1.29 is 43.7 Å². The van der Waals surface area contributed by atoms with E-state index in [4.69, 9.17) is 10.5 Å². The van der Waals surface area contributed by atoms with Crippen molar-refractivity contribution in [1.29, 1.82) is 0 Å². The van der Waals surface area contributed by atoms with Gasteiger partial charge in [0.25, 0.3) is 0 Å². The molecule has 256 valence electrons. The number of hydrogen-bond acceptors (Lipinski definition) is 9. The molecule has 2 aromatic rings. The van der Waals surface area contributed by atoms with Gasteiger partial charge in [0.05, 0.1) is 18.1 Å². The van der Waals surface area contributed by atoms with E-state index in [2.05, 4.69) is 10.6 Å². The van der Waals surface area contributed by atoms with Gasteiger partial charge in [0.1, 0.15) is 11.5 Å². The molecule has 6 atom stereocenters. The Morgan fingerprint density at radius 3 is 2.38 bits per heavy atom. The minimum absolute atomic E-state index is 0.0136. The lowest BCUT2D eigenvalue weighted by molar-refractivity contribution is -0.182. The van der Waals surface area contributed by atoms with Gasteiger partial charge in [-0.1, -0.05) is 26.0 Å². The quantitative estimate of drug-likeness (QED) is 0.277. The molecule has 0 aromatic heterocycles. The second-order valence-corrected chi connectivity index (χ2v) is 14.4. The fourth-order valence-corrected chi connectivity index (χ4v) is 7.87. The number of hydrogen-bond donors (Lipinski definition) is 5. The smallest absolute Gasteiger partial charge is 0.315 e. The molecule has 0 spiro atoms. The number of carbonyl (C=O) groups is 6. The standard InChI is InChI=1S/C36H43N3O9/c1-7-48-24-11-8-17(12-19(24)15-38-34(46)39-35(4,5)6)20-9-10-23(40)27-21(20)13-18-14-22-25(16(2)3)29(41)28(33(37)45)32(44)36(22,47)31(43)26(18)30(27)42/h8-12,16,18,22,25-26,28,40,47H,7,13-15H2,1-6H3,(H2,37,45)(H2,38,39,46)/t18-,22-,25-,26?,28?,36-/m0/s1. The van der Waals surface area contributed by atoms with Gasteiger partial charge in [-0.2, -0.15) is 0 Å². The van der Waals surface area contributed by atoms with E-state index >= 15 is 0 Å². The number of carbonyl (C=O) groups excluding carboxylic acids is 6. The SMILES string of the molecule is CCOc1ccc(-c2ccc(O)c3c2C[C@H]2C[C@H]4[C@H](C(C)C)C(=O)C(C(N)=O)C(=O)[C@@]4(O)C(=O)C2C3=O)cc1CNC(=O)NC(C)(C)C. The first-order chi connectivity index (χ1) is 22.4. The summed E-state index contributed by atoms with van der Waals surface area (Å²) in [5.41, 5.74) is 4.55. The van der Waals surface area contributed by atoms with Crippen molar-refractivity contribution in [2.24, 2.45) is 41.2 Å². The van der Waals surface area contributed by atoms with Crippen LogP contribution in [0.3, 0.4) is 0 Å². The van der Waals surface area contributed by atoms with Crippen molar-refractivity contribution in [1.82, 2.24) is 10.6 Å². The number of urea groups is 1. The van der Waals surface area contributed by atoms with E-state index in [1.54, 1.807) is 32.0 Å². The lowest BCUT2D eigenvalue weighted by atomic mass is 9.49. The number of ketones is 4.